The number of fused-ring (bicyclic) bond motifs is 1. The molecule has 134 valence electrons. The molecule has 0 saturated heterocycles. The molecule has 0 saturated carbocycles. The van der Waals surface area contributed by atoms with E-state index in [1.54, 1.807) is 6.33 Å². The molecule has 0 bridgehead atoms. The van der Waals surface area contributed by atoms with Crippen molar-refractivity contribution in [1.29, 1.82) is 0 Å². The number of aromatic nitrogens is 3. The molecule has 1 unspecified atom stereocenters. The molecule has 0 fully saturated rings. The van der Waals surface area contributed by atoms with Crippen LogP contribution in [0.5, 0.6) is 11.5 Å². The molecule has 1 aliphatic heterocycles. The Morgan fingerprint density at radius 3 is 2.92 bits per heavy atom. The van der Waals surface area contributed by atoms with E-state index in [9.17, 15) is 0 Å². The van der Waals surface area contributed by atoms with E-state index >= 15 is 0 Å². The maximum absolute atomic E-state index is 5.95. The van der Waals surface area contributed by atoms with Crippen LogP contribution in [0.4, 0.5) is 0 Å². The van der Waals surface area contributed by atoms with E-state index in [1.807, 2.05) is 35.8 Å². The van der Waals surface area contributed by atoms with Crippen LogP contribution in [0.15, 0.2) is 35.6 Å². The van der Waals surface area contributed by atoms with Gasteiger partial charge < -0.3 is 24.7 Å². The molecule has 1 aliphatic rings. The summed E-state index contributed by atoms with van der Waals surface area (Å²) >= 11 is 0. The van der Waals surface area contributed by atoms with E-state index in [-0.39, 0.29) is 6.10 Å². The molecule has 2 N–H and O–H groups in total. The monoisotopic (exact) mass is 344 g/mol. The molecule has 3 rings (SSSR count). The molecular weight excluding hydrogens is 320 g/mol. The Kier molecular flexibility index (Phi) is 5.71. The van der Waals surface area contributed by atoms with Crippen LogP contribution in [-0.4, -0.2) is 46.5 Å². The number of nitrogens with zero attached hydrogens (tertiary/aromatic N) is 4. The lowest BCUT2D eigenvalue weighted by Gasteiger charge is -2.27. The predicted molar refractivity (Wildman–Crippen MR) is 94.9 cm³/mol. The van der Waals surface area contributed by atoms with Crippen molar-refractivity contribution in [2.24, 2.45) is 4.99 Å². The van der Waals surface area contributed by atoms with Gasteiger partial charge in [0, 0.05) is 13.1 Å². The lowest BCUT2D eigenvalue weighted by atomic mass is 10.2. The third-order valence-corrected chi connectivity index (χ3v) is 3.82. The van der Waals surface area contributed by atoms with Crippen LogP contribution in [0.25, 0.3) is 0 Å². The highest BCUT2D eigenvalue weighted by Crippen LogP contribution is 2.30. The van der Waals surface area contributed by atoms with E-state index < -0.39 is 0 Å². The van der Waals surface area contributed by atoms with Crippen molar-refractivity contribution in [3.63, 3.8) is 0 Å². The second-order valence-electron chi connectivity index (χ2n) is 5.61. The summed E-state index contributed by atoms with van der Waals surface area (Å²) in [5, 5.41) is 14.5. The van der Waals surface area contributed by atoms with Gasteiger partial charge in [0.15, 0.2) is 23.3 Å². The van der Waals surface area contributed by atoms with E-state index in [1.165, 1.54) is 0 Å². The number of benzene rings is 1. The molecule has 0 amide bonds. The van der Waals surface area contributed by atoms with Crippen molar-refractivity contribution in [3.8, 4) is 11.5 Å². The van der Waals surface area contributed by atoms with Crippen LogP contribution in [0.1, 0.15) is 19.7 Å². The highest BCUT2D eigenvalue weighted by molar-refractivity contribution is 5.79. The summed E-state index contributed by atoms with van der Waals surface area (Å²) in [6, 6.07) is 7.70. The number of aliphatic imine (C=N–C) groups is 1. The Bertz CT molecular complexity index is 715. The Labute approximate surface area is 147 Å². The van der Waals surface area contributed by atoms with E-state index in [2.05, 4.69) is 32.7 Å². The third kappa shape index (κ3) is 4.40. The van der Waals surface area contributed by atoms with Gasteiger partial charge >= 0.3 is 0 Å². The van der Waals surface area contributed by atoms with Gasteiger partial charge in [0.2, 0.25) is 0 Å². The topological polar surface area (TPSA) is 85.6 Å². The van der Waals surface area contributed by atoms with Crippen LogP contribution in [0.3, 0.4) is 0 Å². The summed E-state index contributed by atoms with van der Waals surface area (Å²) in [6.45, 7) is 7.26. The number of nitrogens with one attached hydrogen (secondary N) is 2. The maximum atomic E-state index is 5.95. The third-order valence-electron chi connectivity index (χ3n) is 3.82. The Morgan fingerprint density at radius 1 is 1.28 bits per heavy atom. The lowest BCUT2D eigenvalue weighted by molar-refractivity contribution is 0.0936. The number of hydrogen-bond acceptors (Lipinski definition) is 5. The molecule has 1 atom stereocenters. The van der Waals surface area contributed by atoms with Crippen molar-refractivity contribution >= 4 is 5.96 Å². The van der Waals surface area contributed by atoms with Crippen LogP contribution in [0, 0.1) is 0 Å². The summed E-state index contributed by atoms with van der Waals surface area (Å²) in [5.74, 6) is 3.12. The van der Waals surface area contributed by atoms with Gasteiger partial charge in [-0.2, -0.15) is 0 Å². The normalized spacial score (nSPS) is 16.6. The highest BCUT2D eigenvalue weighted by Gasteiger charge is 2.20. The predicted octanol–water partition coefficient (Wildman–Crippen LogP) is 1.19. The first-order valence-corrected chi connectivity index (χ1v) is 8.57. The number of ether oxygens (including phenoxy) is 2. The zero-order chi connectivity index (χ0) is 17.5. The number of hydrogen-bond donors (Lipinski definition) is 2. The molecule has 2 heterocycles. The Balaban J connectivity index is 1.56. The fraction of sp³-hybridized carbons (Fsp3) is 0.471. The van der Waals surface area contributed by atoms with Gasteiger partial charge in [-0.05, 0) is 26.0 Å². The van der Waals surface area contributed by atoms with Crippen molar-refractivity contribution in [2.75, 3.05) is 19.7 Å². The van der Waals surface area contributed by atoms with Crippen molar-refractivity contribution < 1.29 is 9.47 Å². The second kappa shape index (κ2) is 8.36. The van der Waals surface area contributed by atoms with Crippen molar-refractivity contribution in [2.45, 2.75) is 33.0 Å². The summed E-state index contributed by atoms with van der Waals surface area (Å²) in [7, 11) is 0. The summed E-state index contributed by atoms with van der Waals surface area (Å²) in [4.78, 5) is 4.57. The smallest absolute Gasteiger partial charge is 0.191 e. The summed E-state index contributed by atoms with van der Waals surface area (Å²) < 4.78 is 13.7. The van der Waals surface area contributed by atoms with Gasteiger partial charge in [-0.1, -0.05) is 12.1 Å². The van der Waals surface area contributed by atoms with Crippen molar-refractivity contribution in [1.82, 2.24) is 25.4 Å². The zero-order valence-corrected chi connectivity index (χ0v) is 14.6. The maximum Gasteiger partial charge on any atom is 0.191 e. The molecule has 0 spiro atoms. The van der Waals surface area contributed by atoms with Gasteiger partial charge in [-0.15, -0.1) is 10.2 Å². The first-order valence-electron chi connectivity index (χ1n) is 8.57. The summed E-state index contributed by atoms with van der Waals surface area (Å²) in [5.41, 5.74) is 0. The molecule has 8 nitrogen and oxygen atoms in total. The number of rotatable bonds is 6. The van der Waals surface area contributed by atoms with Crippen molar-refractivity contribution in [3.05, 3.63) is 36.4 Å². The number of aryl methyl sites for hydroxylation is 1. The van der Waals surface area contributed by atoms with E-state index in [0.29, 0.717) is 19.7 Å². The van der Waals surface area contributed by atoms with E-state index in [0.717, 1.165) is 36.4 Å². The van der Waals surface area contributed by atoms with Crippen LogP contribution in [-0.2, 0) is 13.1 Å². The molecule has 0 radical (unpaired) electrons. The molecule has 2 aromatic rings. The van der Waals surface area contributed by atoms with E-state index in [4.69, 9.17) is 9.47 Å². The minimum Gasteiger partial charge on any atom is -0.486 e. The van der Waals surface area contributed by atoms with Gasteiger partial charge in [-0.3, -0.25) is 0 Å². The number of guanidine groups is 1. The Hall–Kier alpha value is -2.77. The number of para-hydroxylation sites is 2. The first kappa shape index (κ1) is 17.1. The fourth-order valence-corrected chi connectivity index (χ4v) is 2.53. The van der Waals surface area contributed by atoms with Crippen LogP contribution < -0.4 is 20.1 Å². The standard InChI is InChI=1S/C17H24N6O2/c1-3-18-17(20-10-16-22-21-12-23(16)4-2)19-9-13-11-24-14-7-5-6-8-15(14)25-13/h5-8,12-13H,3-4,9-11H2,1-2H3,(H2,18,19,20). The molecular formula is C17H24N6O2. The fourth-order valence-electron chi connectivity index (χ4n) is 2.53. The Morgan fingerprint density at radius 2 is 2.12 bits per heavy atom. The quantitative estimate of drug-likeness (QED) is 0.605. The van der Waals surface area contributed by atoms with Crippen LogP contribution in [0.2, 0.25) is 0 Å². The van der Waals surface area contributed by atoms with Crippen LogP contribution >= 0.6 is 0 Å². The summed E-state index contributed by atoms with van der Waals surface area (Å²) in [6.07, 6.45) is 1.65. The average Bonchev–Trinajstić information content (AvgIpc) is 3.11. The van der Waals surface area contributed by atoms with Gasteiger partial charge in [0.05, 0.1) is 6.54 Å². The minimum absolute atomic E-state index is 0.0712. The van der Waals surface area contributed by atoms with Gasteiger partial charge in [0.1, 0.15) is 25.6 Å². The lowest BCUT2D eigenvalue weighted by Crippen LogP contribution is -2.45. The second-order valence-corrected chi connectivity index (χ2v) is 5.61. The molecule has 1 aromatic carbocycles. The zero-order valence-electron chi connectivity index (χ0n) is 14.6. The minimum atomic E-state index is -0.0712. The van der Waals surface area contributed by atoms with Gasteiger partial charge in [-0.25, -0.2) is 4.99 Å². The molecule has 25 heavy (non-hydrogen) atoms. The average molecular weight is 344 g/mol. The SMILES string of the molecule is CCNC(=NCc1nncn1CC)NCC1COc2ccccc2O1. The first-order chi connectivity index (χ1) is 12.3. The molecule has 0 aliphatic carbocycles. The van der Waals surface area contributed by atoms with Gasteiger partial charge in [0.25, 0.3) is 0 Å². The molecule has 8 heteroatoms. The molecule has 1 aromatic heterocycles. The largest absolute Gasteiger partial charge is 0.486 e. The highest BCUT2D eigenvalue weighted by atomic mass is 16.6.